The molecule has 3 heteroatoms. The summed E-state index contributed by atoms with van der Waals surface area (Å²) in [5.41, 5.74) is 6.02. The van der Waals surface area contributed by atoms with E-state index in [0.29, 0.717) is 18.5 Å². The molecule has 2 nitrogen and oxygen atoms in total. The minimum absolute atomic E-state index is 0.216. The quantitative estimate of drug-likeness (QED) is 0.725. The number of hydrogen-bond donors (Lipinski definition) is 1. The van der Waals surface area contributed by atoms with Crippen molar-refractivity contribution < 1.29 is 4.39 Å². The molecule has 0 aromatic heterocycles. The lowest BCUT2D eigenvalue weighted by Crippen LogP contribution is -2.48. The molecule has 1 fully saturated rings. The van der Waals surface area contributed by atoms with Crippen LogP contribution in [0.4, 0.5) is 4.39 Å². The molecule has 2 unspecified atom stereocenters. The largest absolute Gasteiger partial charge is 0.326 e. The van der Waals surface area contributed by atoms with Gasteiger partial charge in [0.05, 0.1) is 6.67 Å². The molecule has 0 saturated heterocycles. The van der Waals surface area contributed by atoms with Gasteiger partial charge in [-0.3, -0.25) is 4.39 Å². The fourth-order valence-electron chi connectivity index (χ4n) is 2.16. The highest BCUT2D eigenvalue weighted by Gasteiger charge is 2.24. The van der Waals surface area contributed by atoms with Gasteiger partial charge in [0.15, 0.2) is 0 Å². The van der Waals surface area contributed by atoms with Crippen molar-refractivity contribution in [1.29, 1.82) is 0 Å². The van der Waals surface area contributed by atoms with E-state index in [4.69, 9.17) is 5.73 Å². The van der Waals surface area contributed by atoms with Crippen LogP contribution in [-0.4, -0.2) is 37.3 Å². The van der Waals surface area contributed by atoms with Crippen LogP contribution in [0.1, 0.15) is 32.1 Å². The minimum atomic E-state index is -0.216. The van der Waals surface area contributed by atoms with E-state index in [1.165, 1.54) is 19.3 Å². The zero-order valence-corrected chi connectivity index (χ0v) is 8.51. The molecule has 0 aliphatic heterocycles. The van der Waals surface area contributed by atoms with Crippen molar-refractivity contribution in [1.82, 2.24) is 4.90 Å². The molecule has 13 heavy (non-hydrogen) atoms. The van der Waals surface area contributed by atoms with Crippen molar-refractivity contribution in [3.8, 4) is 0 Å². The summed E-state index contributed by atoms with van der Waals surface area (Å²) in [5.74, 6) is 0. The smallest absolute Gasteiger partial charge is 0.0906 e. The van der Waals surface area contributed by atoms with Gasteiger partial charge >= 0.3 is 0 Å². The summed E-state index contributed by atoms with van der Waals surface area (Å²) in [6.45, 7) is 0.626. The van der Waals surface area contributed by atoms with Crippen LogP contribution >= 0.6 is 0 Å². The summed E-state index contributed by atoms with van der Waals surface area (Å²) in [6.07, 6.45) is 5.49. The molecule has 0 amide bonds. The van der Waals surface area contributed by atoms with Crippen LogP contribution in [0.15, 0.2) is 0 Å². The first-order valence-corrected chi connectivity index (χ1v) is 5.27. The van der Waals surface area contributed by atoms with Gasteiger partial charge in [0.2, 0.25) is 0 Å². The Morgan fingerprint density at radius 3 is 2.69 bits per heavy atom. The van der Waals surface area contributed by atoms with Crippen molar-refractivity contribution >= 4 is 0 Å². The maximum Gasteiger partial charge on any atom is 0.0906 e. The molecular formula is C10H21FN2. The third kappa shape index (κ3) is 3.24. The SMILES string of the molecule is CN(CCCF)C1CCCCC1N. The highest BCUT2D eigenvalue weighted by molar-refractivity contribution is 4.84. The van der Waals surface area contributed by atoms with E-state index in [1.807, 2.05) is 0 Å². The monoisotopic (exact) mass is 188 g/mol. The van der Waals surface area contributed by atoms with Crippen LogP contribution in [-0.2, 0) is 0 Å². The predicted molar refractivity (Wildman–Crippen MR) is 53.5 cm³/mol. The van der Waals surface area contributed by atoms with Gasteiger partial charge in [-0.15, -0.1) is 0 Å². The molecular weight excluding hydrogens is 167 g/mol. The Morgan fingerprint density at radius 1 is 1.38 bits per heavy atom. The van der Waals surface area contributed by atoms with E-state index in [2.05, 4.69) is 11.9 Å². The van der Waals surface area contributed by atoms with Gasteiger partial charge in [-0.1, -0.05) is 12.8 Å². The Hall–Kier alpha value is -0.150. The molecule has 1 saturated carbocycles. The number of rotatable bonds is 4. The van der Waals surface area contributed by atoms with Gasteiger partial charge in [-0.2, -0.15) is 0 Å². The summed E-state index contributed by atoms with van der Waals surface area (Å²) in [4.78, 5) is 2.23. The predicted octanol–water partition coefficient (Wildman–Crippen LogP) is 1.55. The lowest BCUT2D eigenvalue weighted by atomic mass is 9.90. The molecule has 0 heterocycles. The Balaban J connectivity index is 2.30. The Bertz CT molecular complexity index is 141. The Kier molecular flexibility index (Phi) is 4.67. The Labute approximate surface area is 80.3 Å². The van der Waals surface area contributed by atoms with Gasteiger partial charge in [-0.05, 0) is 26.3 Å². The molecule has 2 N–H and O–H groups in total. The number of halogens is 1. The second kappa shape index (κ2) is 5.55. The number of hydrogen-bond acceptors (Lipinski definition) is 2. The first-order valence-electron chi connectivity index (χ1n) is 5.27. The molecule has 0 spiro atoms. The molecule has 1 rings (SSSR count). The summed E-state index contributed by atoms with van der Waals surface area (Å²) in [7, 11) is 2.06. The summed E-state index contributed by atoms with van der Waals surface area (Å²) < 4.78 is 12.0. The van der Waals surface area contributed by atoms with Gasteiger partial charge in [0.1, 0.15) is 0 Å². The van der Waals surface area contributed by atoms with Gasteiger partial charge in [-0.25, -0.2) is 0 Å². The molecule has 1 aliphatic carbocycles. The normalized spacial score (nSPS) is 29.5. The third-order valence-corrected chi connectivity index (χ3v) is 2.99. The summed E-state index contributed by atoms with van der Waals surface area (Å²) in [5, 5.41) is 0. The fraction of sp³-hybridized carbons (Fsp3) is 1.00. The van der Waals surface area contributed by atoms with Gasteiger partial charge in [0.25, 0.3) is 0 Å². The molecule has 78 valence electrons. The molecule has 0 aromatic rings. The van der Waals surface area contributed by atoms with Crippen LogP contribution in [0.25, 0.3) is 0 Å². The average Bonchev–Trinajstić information content (AvgIpc) is 2.15. The van der Waals surface area contributed by atoms with Crippen LogP contribution in [0.3, 0.4) is 0 Å². The summed E-state index contributed by atoms with van der Waals surface area (Å²) in [6, 6.07) is 0.790. The Morgan fingerprint density at radius 2 is 2.08 bits per heavy atom. The van der Waals surface area contributed by atoms with Crippen LogP contribution < -0.4 is 5.73 Å². The first kappa shape index (κ1) is 10.9. The average molecular weight is 188 g/mol. The zero-order valence-electron chi connectivity index (χ0n) is 8.51. The van der Waals surface area contributed by atoms with E-state index in [0.717, 1.165) is 13.0 Å². The van der Waals surface area contributed by atoms with Crippen molar-refractivity contribution in [3.05, 3.63) is 0 Å². The number of nitrogens with zero attached hydrogens (tertiary/aromatic N) is 1. The van der Waals surface area contributed by atoms with Crippen LogP contribution in [0, 0.1) is 0 Å². The minimum Gasteiger partial charge on any atom is -0.326 e. The van der Waals surface area contributed by atoms with Crippen LogP contribution in [0.2, 0.25) is 0 Å². The second-order valence-corrected chi connectivity index (χ2v) is 4.04. The number of nitrogens with two attached hydrogens (primary N) is 1. The molecule has 1 aliphatic rings. The van der Waals surface area contributed by atoms with Gasteiger partial charge < -0.3 is 10.6 Å². The first-order chi connectivity index (χ1) is 6.25. The lowest BCUT2D eigenvalue weighted by Gasteiger charge is -2.35. The molecule has 2 atom stereocenters. The van der Waals surface area contributed by atoms with Crippen molar-refractivity contribution in [3.63, 3.8) is 0 Å². The topological polar surface area (TPSA) is 29.3 Å². The van der Waals surface area contributed by atoms with Crippen molar-refractivity contribution in [2.75, 3.05) is 20.3 Å². The highest BCUT2D eigenvalue weighted by Crippen LogP contribution is 2.20. The fourth-order valence-corrected chi connectivity index (χ4v) is 2.16. The maximum atomic E-state index is 12.0. The van der Waals surface area contributed by atoms with E-state index in [1.54, 1.807) is 0 Å². The lowest BCUT2D eigenvalue weighted by molar-refractivity contribution is 0.164. The standard InChI is InChI=1S/C10H21FN2/c1-13(8-4-7-11)10-6-3-2-5-9(10)12/h9-10H,2-8,12H2,1H3. The van der Waals surface area contributed by atoms with Gasteiger partial charge in [0, 0.05) is 18.6 Å². The highest BCUT2D eigenvalue weighted by atomic mass is 19.1. The molecule has 0 radical (unpaired) electrons. The number of alkyl halides is 1. The maximum absolute atomic E-state index is 12.0. The third-order valence-electron chi connectivity index (χ3n) is 2.99. The molecule has 0 bridgehead atoms. The van der Waals surface area contributed by atoms with E-state index >= 15 is 0 Å². The molecule has 0 aromatic carbocycles. The van der Waals surface area contributed by atoms with E-state index in [-0.39, 0.29) is 6.67 Å². The zero-order chi connectivity index (χ0) is 9.68. The van der Waals surface area contributed by atoms with E-state index < -0.39 is 0 Å². The van der Waals surface area contributed by atoms with Crippen molar-refractivity contribution in [2.24, 2.45) is 5.73 Å². The van der Waals surface area contributed by atoms with E-state index in [9.17, 15) is 4.39 Å². The van der Waals surface area contributed by atoms with Crippen molar-refractivity contribution in [2.45, 2.75) is 44.2 Å². The second-order valence-electron chi connectivity index (χ2n) is 4.04. The number of likely N-dealkylation sites (N-methyl/N-ethyl adjacent to an activating group) is 1. The van der Waals surface area contributed by atoms with Crippen LogP contribution in [0.5, 0.6) is 0 Å². The summed E-state index contributed by atoms with van der Waals surface area (Å²) >= 11 is 0.